The van der Waals surface area contributed by atoms with Crippen LogP contribution in [0.25, 0.3) is 0 Å². The molecule has 0 aliphatic carbocycles. The standard InChI is InChI=1S/C14H20O2/c1-4-12(5-2)10-16-14-7-6-11(3)8-13(14)9-15/h6-9,12H,4-5,10H2,1-3H3. The number of carbonyl (C=O) groups excluding carboxylic acids is 1. The molecule has 0 N–H and O–H groups in total. The van der Waals surface area contributed by atoms with E-state index in [1.54, 1.807) is 0 Å². The van der Waals surface area contributed by atoms with Gasteiger partial charge in [0.1, 0.15) is 5.75 Å². The molecule has 1 rings (SSSR count). The molecule has 16 heavy (non-hydrogen) atoms. The monoisotopic (exact) mass is 220 g/mol. The highest BCUT2D eigenvalue weighted by Crippen LogP contribution is 2.20. The smallest absolute Gasteiger partial charge is 0.153 e. The lowest BCUT2D eigenvalue weighted by atomic mass is 10.1. The van der Waals surface area contributed by atoms with Crippen LogP contribution < -0.4 is 4.74 Å². The highest BCUT2D eigenvalue weighted by atomic mass is 16.5. The SMILES string of the molecule is CCC(CC)COc1ccc(C)cc1C=O. The fourth-order valence-electron chi connectivity index (χ4n) is 1.62. The van der Waals surface area contributed by atoms with Crippen LogP contribution in [0, 0.1) is 12.8 Å². The van der Waals surface area contributed by atoms with E-state index in [1.807, 2.05) is 25.1 Å². The number of aldehydes is 1. The first-order valence-electron chi connectivity index (χ1n) is 5.89. The first-order valence-corrected chi connectivity index (χ1v) is 5.89. The molecule has 2 heteroatoms. The Morgan fingerprint density at radius 2 is 2.00 bits per heavy atom. The molecular formula is C14H20O2. The van der Waals surface area contributed by atoms with Crippen molar-refractivity contribution in [3.63, 3.8) is 0 Å². The highest BCUT2D eigenvalue weighted by molar-refractivity contribution is 5.79. The molecule has 0 saturated carbocycles. The van der Waals surface area contributed by atoms with Crippen molar-refractivity contribution in [2.45, 2.75) is 33.6 Å². The molecule has 0 amide bonds. The van der Waals surface area contributed by atoms with E-state index in [4.69, 9.17) is 4.74 Å². The number of hydrogen-bond acceptors (Lipinski definition) is 2. The lowest BCUT2D eigenvalue weighted by molar-refractivity contribution is 0.111. The largest absolute Gasteiger partial charge is 0.493 e. The number of ether oxygens (including phenoxy) is 1. The minimum absolute atomic E-state index is 0.570. The molecule has 1 aromatic carbocycles. The van der Waals surface area contributed by atoms with Crippen LogP contribution in [-0.2, 0) is 0 Å². The Bertz CT molecular complexity index is 341. The summed E-state index contributed by atoms with van der Waals surface area (Å²) in [7, 11) is 0. The van der Waals surface area contributed by atoms with E-state index in [0.717, 1.165) is 24.7 Å². The maximum Gasteiger partial charge on any atom is 0.153 e. The molecule has 1 aromatic rings. The second-order valence-corrected chi connectivity index (χ2v) is 4.15. The predicted octanol–water partition coefficient (Wildman–Crippen LogP) is 3.62. The summed E-state index contributed by atoms with van der Waals surface area (Å²) < 4.78 is 5.70. The average Bonchev–Trinajstić information content (AvgIpc) is 2.31. The second-order valence-electron chi connectivity index (χ2n) is 4.15. The Morgan fingerprint density at radius 1 is 1.31 bits per heavy atom. The van der Waals surface area contributed by atoms with Crippen molar-refractivity contribution in [1.29, 1.82) is 0 Å². The van der Waals surface area contributed by atoms with Crippen LogP contribution in [-0.4, -0.2) is 12.9 Å². The molecule has 88 valence electrons. The van der Waals surface area contributed by atoms with Crippen LogP contribution in [0.3, 0.4) is 0 Å². The van der Waals surface area contributed by atoms with Crippen molar-refractivity contribution in [3.8, 4) is 5.75 Å². The summed E-state index contributed by atoms with van der Waals surface area (Å²) in [6.45, 7) is 6.98. The minimum atomic E-state index is 0.570. The lowest BCUT2D eigenvalue weighted by Gasteiger charge is -2.15. The van der Waals surface area contributed by atoms with Crippen molar-refractivity contribution in [1.82, 2.24) is 0 Å². The summed E-state index contributed by atoms with van der Waals surface area (Å²) >= 11 is 0. The zero-order chi connectivity index (χ0) is 12.0. The first-order chi connectivity index (χ1) is 7.71. The van der Waals surface area contributed by atoms with E-state index >= 15 is 0 Å². The molecule has 0 heterocycles. The van der Waals surface area contributed by atoms with Gasteiger partial charge in [-0.05, 0) is 25.0 Å². The zero-order valence-electron chi connectivity index (χ0n) is 10.3. The molecule has 0 bridgehead atoms. The van der Waals surface area contributed by atoms with Gasteiger partial charge in [-0.1, -0.05) is 38.3 Å². The van der Waals surface area contributed by atoms with Crippen LogP contribution in [0.4, 0.5) is 0 Å². The van der Waals surface area contributed by atoms with Crippen molar-refractivity contribution in [2.24, 2.45) is 5.92 Å². The van der Waals surface area contributed by atoms with E-state index in [9.17, 15) is 4.79 Å². The van der Waals surface area contributed by atoms with E-state index in [2.05, 4.69) is 13.8 Å². The van der Waals surface area contributed by atoms with Gasteiger partial charge in [0, 0.05) is 0 Å². The van der Waals surface area contributed by atoms with E-state index < -0.39 is 0 Å². The third-order valence-corrected chi connectivity index (χ3v) is 2.92. The maximum absolute atomic E-state index is 10.9. The topological polar surface area (TPSA) is 26.3 Å². The van der Waals surface area contributed by atoms with Crippen molar-refractivity contribution >= 4 is 6.29 Å². The molecule has 0 saturated heterocycles. The maximum atomic E-state index is 10.9. The third-order valence-electron chi connectivity index (χ3n) is 2.92. The molecule has 0 aromatic heterocycles. The molecule has 0 radical (unpaired) electrons. The molecule has 0 spiro atoms. The molecule has 0 unspecified atom stereocenters. The van der Waals surface area contributed by atoms with Gasteiger partial charge in [-0.15, -0.1) is 0 Å². The molecule has 0 aliphatic rings. The van der Waals surface area contributed by atoms with Gasteiger partial charge in [0.2, 0.25) is 0 Å². The third kappa shape index (κ3) is 3.37. The van der Waals surface area contributed by atoms with Gasteiger partial charge in [0.25, 0.3) is 0 Å². The van der Waals surface area contributed by atoms with Crippen LogP contribution in [0.5, 0.6) is 5.75 Å². The van der Waals surface area contributed by atoms with E-state index in [-0.39, 0.29) is 0 Å². The minimum Gasteiger partial charge on any atom is -0.493 e. The van der Waals surface area contributed by atoms with Gasteiger partial charge in [-0.3, -0.25) is 4.79 Å². The summed E-state index contributed by atoms with van der Waals surface area (Å²) in [5.74, 6) is 1.27. The molecule has 2 nitrogen and oxygen atoms in total. The number of benzene rings is 1. The second kappa shape index (κ2) is 6.31. The van der Waals surface area contributed by atoms with Gasteiger partial charge in [-0.25, -0.2) is 0 Å². The Morgan fingerprint density at radius 3 is 2.56 bits per heavy atom. The highest BCUT2D eigenvalue weighted by Gasteiger charge is 2.07. The summed E-state index contributed by atoms with van der Waals surface area (Å²) in [4.78, 5) is 10.9. The first kappa shape index (κ1) is 12.8. The van der Waals surface area contributed by atoms with Crippen molar-refractivity contribution in [3.05, 3.63) is 29.3 Å². The summed E-state index contributed by atoms with van der Waals surface area (Å²) in [6.07, 6.45) is 3.08. The van der Waals surface area contributed by atoms with Crippen molar-refractivity contribution < 1.29 is 9.53 Å². The molecular weight excluding hydrogens is 200 g/mol. The Labute approximate surface area is 97.6 Å². The number of aryl methyl sites for hydroxylation is 1. The number of carbonyl (C=O) groups is 1. The average molecular weight is 220 g/mol. The predicted molar refractivity (Wildman–Crippen MR) is 66.1 cm³/mol. The quantitative estimate of drug-likeness (QED) is 0.684. The summed E-state index contributed by atoms with van der Waals surface area (Å²) in [5.41, 5.74) is 1.72. The Balaban J connectivity index is 2.69. The zero-order valence-corrected chi connectivity index (χ0v) is 10.3. The van der Waals surface area contributed by atoms with Crippen LogP contribution in [0.15, 0.2) is 18.2 Å². The van der Waals surface area contributed by atoms with Crippen LogP contribution in [0.2, 0.25) is 0 Å². The van der Waals surface area contributed by atoms with E-state index in [1.165, 1.54) is 0 Å². The molecule has 0 aliphatic heterocycles. The van der Waals surface area contributed by atoms with Gasteiger partial charge < -0.3 is 4.74 Å². The van der Waals surface area contributed by atoms with Crippen LogP contribution >= 0.6 is 0 Å². The van der Waals surface area contributed by atoms with Crippen LogP contribution in [0.1, 0.15) is 42.6 Å². The van der Waals surface area contributed by atoms with Gasteiger partial charge in [-0.2, -0.15) is 0 Å². The van der Waals surface area contributed by atoms with Gasteiger partial charge in [0.05, 0.1) is 12.2 Å². The summed E-state index contributed by atoms with van der Waals surface area (Å²) in [5, 5.41) is 0. The molecule has 0 atom stereocenters. The lowest BCUT2D eigenvalue weighted by Crippen LogP contribution is -2.11. The van der Waals surface area contributed by atoms with Crippen molar-refractivity contribution in [2.75, 3.05) is 6.61 Å². The molecule has 0 fully saturated rings. The summed E-state index contributed by atoms with van der Waals surface area (Å²) in [6, 6.07) is 5.70. The fourth-order valence-corrected chi connectivity index (χ4v) is 1.62. The fraction of sp³-hybridized carbons (Fsp3) is 0.500. The van der Waals surface area contributed by atoms with Gasteiger partial charge in [0.15, 0.2) is 6.29 Å². The van der Waals surface area contributed by atoms with Gasteiger partial charge >= 0.3 is 0 Å². The number of rotatable bonds is 6. The Kier molecular flexibility index (Phi) is 5.03. The van der Waals surface area contributed by atoms with E-state index in [0.29, 0.717) is 23.8 Å². The Hall–Kier alpha value is -1.31. The normalized spacial score (nSPS) is 10.5. The number of hydrogen-bond donors (Lipinski definition) is 0.